The van der Waals surface area contributed by atoms with Crippen molar-refractivity contribution in [3.63, 3.8) is 0 Å². The fourth-order valence-electron chi connectivity index (χ4n) is 4.73. The van der Waals surface area contributed by atoms with Crippen LogP contribution >= 0.6 is 11.5 Å². The van der Waals surface area contributed by atoms with Crippen LogP contribution in [0.15, 0.2) is 30.5 Å². The van der Waals surface area contributed by atoms with Crippen molar-refractivity contribution in [2.24, 2.45) is 13.0 Å². The highest BCUT2D eigenvalue weighted by atomic mass is 32.1. The van der Waals surface area contributed by atoms with Gasteiger partial charge in [0.15, 0.2) is 5.78 Å². The first-order valence-corrected chi connectivity index (χ1v) is 11.3. The van der Waals surface area contributed by atoms with E-state index in [1.54, 1.807) is 17.7 Å². The number of carbonyl (C=O) groups is 1. The van der Waals surface area contributed by atoms with Crippen LogP contribution in [0.2, 0.25) is 0 Å². The molecule has 0 radical (unpaired) electrons. The zero-order valence-corrected chi connectivity index (χ0v) is 17.7. The molecule has 0 spiro atoms. The van der Waals surface area contributed by atoms with Gasteiger partial charge in [0.25, 0.3) is 0 Å². The van der Waals surface area contributed by atoms with Gasteiger partial charge >= 0.3 is 0 Å². The fraction of sp³-hybridized carbons (Fsp3) is 0.500. The van der Waals surface area contributed by atoms with Crippen LogP contribution in [0.25, 0.3) is 10.1 Å². The Morgan fingerprint density at radius 3 is 2.86 bits per heavy atom. The Kier molecular flexibility index (Phi) is 5.09. The minimum Gasteiger partial charge on any atom is -0.353 e. The monoisotopic (exact) mass is 409 g/mol. The van der Waals surface area contributed by atoms with Gasteiger partial charge in [-0.15, -0.1) is 0 Å². The van der Waals surface area contributed by atoms with E-state index in [2.05, 4.69) is 39.2 Å². The van der Waals surface area contributed by atoms with Crippen LogP contribution in [0.5, 0.6) is 0 Å². The molecule has 0 N–H and O–H groups in total. The predicted molar refractivity (Wildman–Crippen MR) is 117 cm³/mol. The Hall–Kier alpha value is -2.25. The maximum absolute atomic E-state index is 13.0. The molecule has 29 heavy (non-hydrogen) atoms. The third-order valence-electron chi connectivity index (χ3n) is 6.49. The first-order chi connectivity index (χ1) is 14.2. The van der Waals surface area contributed by atoms with Crippen molar-refractivity contribution < 1.29 is 4.79 Å². The first-order valence-electron chi connectivity index (χ1n) is 10.6. The van der Waals surface area contributed by atoms with E-state index in [1.807, 2.05) is 11.7 Å². The summed E-state index contributed by atoms with van der Waals surface area (Å²) in [4.78, 5) is 17.9. The summed E-state index contributed by atoms with van der Waals surface area (Å²) in [7, 11) is 1.94. The van der Waals surface area contributed by atoms with Crippen LogP contribution < -0.4 is 4.90 Å². The second kappa shape index (κ2) is 7.88. The number of aryl methyl sites for hydroxylation is 1. The van der Waals surface area contributed by atoms with Gasteiger partial charge < -0.3 is 4.90 Å². The van der Waals surface area contributed by atoms with E-state index in [4.69, 9.17) is 4.37 Å². The molecule has 1 atom stereocenters. The van der Waals surface area contributed by atoms with E-state index in [0.717, 1.165) is 75.5 Å². The van der Waals surface area contributed by atoms with E-state index in [9.17, 15) is 4.79 Å². The third-order valence-corrected chi connectivity index (χ3v) is 7.30. The lowest BCUT2D eigenvalue weighted by Crippen LogP contribution is -2.47. The molecule has 2 aliphatic rings. The number of anilines is 1. The van der Waals surface area contributed by atoms with Crippen molar-refractivity contribution in [3.05, 3.63) is 41.7 Å². The van der Waals surface area contributed by atoms with Crippen LogP contribution in [-0.4, -0.2) is 57.6 Å². The van der Waals surface area contributed by atoms with E-state index in [0.29, 0.717) is 5.78 Å². The van der Waals surface area contributed by atoms with Gasteiger partial charge in [-0.05, 0) is 55.9 Å². The number of nitrogens with zero attached hydrogens (tertiary/aromatic N) is 5. The van der Waals surface area contributed by atoms with Crippen LogP contribution in [0.3, 0.4) is 0 Å². The van der Waals surface area contributed by atoms with Crippen molar-refractivity contribution >= 4 is 33.2 Å². The highest BCUT2D eigenvalue weighted by molar-refractivity contribution is 7.13. The lowest BCUT2D eigenvalue weighted by atomic mass is 9.93. The number of hydrogen-bond acceptors (Lipinski definition) is 6. The Morgan fingerprint density at radius 1 is 1.17 bits per heavy atom. The van der Waals surface area contributed by atoms with Crippen molar-refractivity contribution in [3.8, 4) is 0 Å². The Labute approximate surface area is 175 Å². The normalized spacial score (nSPS) is 20.8. The van der Waals surface area contributed by atoms with Crippen LogP contribution in [-0.2, 0) is 13.5 Å². The molecule has 0 amide bonds. The van der Waals surface area contributed by atoms with Gasteiger partial charge in [-0.3, -0.25) is 14.4 Å². The van der Waals surface area contributed by atoms with Crippen molar-refractivity contribution in [1.82, 2.24) is 19.1 Å². The smallest absolute Gasteiger partial charge is 0.169 e. The number of aromatic nitrogens is 3. The number of piperazine rings is 1. The summed E-state index contributed by atoms with van der Waals surface area (Å²) in [5.74, 6) is 1.58. The molecule has 1 aromatic carbocycles. The summed E-state index contributed by atoms with van der Waals surface area (Å²) >= 11 is 1.59. The Morgan fingerprint density at radius 2 is 2.00 bits per heavy atom. The first kappa shape index (κ1) is 18.8. The number of carbonyl (C=O) groups excluding carboxylic acids is 1. The number of ketones is 1. The van der Waals surface area contributed by atoms with E-state index >= 15 is 0 Å². The largest absolute Gasteiger partial charge is 0.353 e. The molecule has 5 rings (SSSR count). The molecule has 3 heterocycles. The molecule has 2 aromatic heterocycles. The van der Waals surface area contributed by atoms with Crippen molar-refractivity contribution in [1.29, 1.82) is 0 Å². The van der Waals surface area contributed by atoms with Crippen LogP contribution in [0.1, 0.15) is 35.3 Å². The molecule has 1 fully saturated rings. The molecule has 3 aromatic rings. The maximum atomic E-state index is 13.0. The fourth-order valence-corrected chi connectivity index (χ4v) is 5.53. The lowest BCUT2D eigenvalue weighted by Gasteiger charge is -2.35. The van der Waals surface area contributed by atoms with Gasteiger partial charge in [0.05, 0.1) is 16.5 Å². The molecule has 0 bridgehead atoms. The highest BCUT2D eigenvalue weighted by Crippen LogP contribution is 2.30. The Balaban J connectivity index is 1.18. The minimum absolute atomic E-state index is 0.140. The quantitative estimate of drug-likeness (QED) is 0.619. The average Bonchev–Trinajstić information content (AvgIpc) is 3.30. The summed E-state index contributed by atoms with van der Waals surface area (Å²) in [6, 6.07) is 8.48. The molecule has 1 aliphatic heterocycles. The SMILES string of the molecule is Cn1ncc2c1CCCC(CCN1CCN(c3nsc4ccccc34)CC1)C2=O. The molecule has 6 nitrogen and oxygen atoms in total. The van der Waals surface area contributed by atoms with Crippen molar-refractivity contribution in [2.75, 3.05) is 37.6 Å². The summed E-state index contributed by atoms with van der Waals surface area (Å²) in [5, 5.41) is 5.57. The van der Waals surface area contributed by atoms with Crippen molar-refractivity contribution in [2.45, 2.75) is 25.7 Å². The maximum Gasteiger partial charge on any atom is 0.169 e. The third kappa shape index (κ3) is 3.57. The van der Waals surface area contributed by atoms with E-state index in [1.165, 1.54) is 10.1 Å². The summed E-state index contributed by atoms with van der Waals surface area (Å²) in [6.07, 6.45) is 5.76. The van der Waals surface area contributed by atoms with E-state index < -0.39 is 0 Å². The zero-order chi connectivity index (χ0) is 19.8. The van der Waals surface area contributed by atoms with Gasteiger partial charge in [0.2, 0.25) is 0 Å². The lowest BCUT2D eigenvalue weighted by molar-refractivity contribution is 0.0896. The number of rotatable bonds is 4. The molecule has 1 aliphatic carbocycles. The average molecular weight is 410 g/mol. The van der Waals surface area contributed by atoms with Gasteiger partial charge in [-0.25, -0.2) is 0 Å². The van der Waals surface area contributed by atoms with Gasteiger partial charge in [-0.1, -0.05) is 12.1 Å². The second-order valence-corrected chi connectivity index (χ2v) is 9.01. The molecule has 152 valence electrons. The van der Waals surface area contributed by atoms with Gasteiger partial charge in [-0.2, -0.15) is 9.47 Å². The van der Waals surface area contributed by atoms with Crippen LogP contribution in [0, 0.1) is 5.92 Å². The number of fused-ring (bicyclic) bond motifs is 2. The Bertz CT molecular complexity index is 1020. The number of benzene rings is 1. The molecular weight excluding hydrogens is 382 g/mol. The molecular formula is C22H27N5OS. The summed E-state index contributed by atoms with van der Waals surface area (Å²) < 4.78 is 7.83. The zero-order valence-electron chi connectivity index (χ0n) is 16.9. The molecule has 0 saturated carbocycles. The second-order valence-electron chi connectivity index (χ2n) is 8.20. The number of Topliss-reactive ketones (excluding diaryl/α,β-unsaturated/α-hetero) is 1. The van der Waals surface area contributed by atoms with Gasteiger partial charge in [0, 0.05) is 50.2 Å². The topological polar surface area (TPSA) is 54.3 Å². The van der Waals surface area contributed by atoms with Crippen LogP contribution in [0.4, 0.5) is 5.82 Å². The standard InChI is InChI=1S/C22H27N5OS/c1-25-19-7-4-5-16(21(28)18(19)15-23-25)9-10-26-11-13-27(14-12-26)22-17-6-2-3-8-20(17)29-24-22/h2-3,6,8,15-16H,4-5,7,9-14H2,1H3. The molecule has 7 heteroatoms. The molecule has 1 unspecified atom stereocenters. The molecule has 1 saturated heterocycles. The summed E-state index contributed by atoms with van der Waals surface area (Å²) in [5.41, 5.74) is 1.97. The highest BCUT2D eigenvalue weighted by Gasteiger charge is 2.28. The van der Waals surface area contributed by atoms with E-state index in [-0.39, 0.29) is 5.92 Å². The summed E-state index contributed by atoms with van der Waals surface area (Å²) in [6.45, 7) is 5.06. The predicted octanol–water partition coefficient (Wildman–Crippen LogP) is 3.38. The minimum atomic E-state index is 0.140. The number of hydrogen-bond donors (Lipinski definition) is 0. The van der Waals surface area contributed by atoms with Gasteiger partial charge in [0.1, 0.15) is 5.82 Å².